The molecule has 1 atom stereocenters. The van der Waals surface area contributed by atoms with E-state index in [0.717, 1.165) is 44.3 Å². The van der Waals surface area contributed by atoms with E-state index in [1.54, 1.807) is 0 Å². The summed E-state index contributed by atoms with van der Waals surface area (Å²) in [6.07, 6.45) is 8.58. The molecule has 1 saturated carbocycles. The van der Waals surface area contributed by atoms with Gasteiger partial charge in [0.05, 0.1) is 6.04 Å². The molecule has 136 valence electrons. The number of nitrogens with one attached hydrogen (secondary N) is 2. The van der Waals surface area contributed by atoms with Crippen molar-refractivity contribution in [2.45, 2.75) is 70.9 Å². The number of hydrogen-bond donors (Lipinski definition) is 2. The maximum atomic E-state index is 12.5. The summed E-state index contributed by atoms with van der Waals surface area (Å²) in [5, 5.41) is 6.53. The molecule has 2 rings (SSSR count). The average molecular weight is 346 g/mol. The molecule has 4 nitrogen and oxygen atoms in total. The maximum absolute atomic E-state index is 12.5. The van der Waals surface area contributed by atoms with E-state index in [0.29, 0.717) is 6.04 Å². The van der Waals surface area contributed by atoms with Crippen LogP contribution in [0.25, 0.3) is 0 Å². The summed E-state index contributed by atoms with van der Waals surface area (Å²) in [5.74, 6) is 1.91. The predicted octanol–water partition coefficient (Wildman–Crippen LogP) is 2.81. The van der Waals surface area contributed by atoms with E-state index in [4.69, 9.17) is 0 Å². The van der Waals surface area contributed by atoms with Crippen LogP contribution in [0.4, 0.5) is 0 Å². The van der Waals surface area contributed by atoms with Crippen molar-refractivity contribution >= 4 is 18.3 Å². The molecule has 2 fully saturated rings. The van der Waals surface area contributed by atoms with Gasteiger partial charge in [-0.15, -0.1) is 12.4 Å². The van der Waals surface area contributed by atoms with Crippen LogP contribution in [0, 0.1) is 11.8 Å². The van der Waals surface area contributed by atoms with Crippen LogP contribution < -0.4 is 10.6 Å². The van der Waals surface area contributed by atoms with E-state index >= 15 is 0 Å². The summed E-state index contributed by atoms with van der Waals surface area (Å²) in [5.41, 5.74) is 0. The molecule has 1 unspecified atom stereocenters. The third-order valence-electron chi connectivity index (χ3n) is 5.74. The van der Waals surface area contributed by atoms with Crippen molar-refractivity contribution in [2.75, 3.05) is 26.7 Å². The van der Waals surface area contributed by atoms with E-state index in [-0.39, 0.29) is 24.4 Å². The number of likely N-dealkylation sites (tertiary alicyclic amines) is 1. The Morgan fingerprint density at radius 2 is 1.74 bits per heavy atom. The Morgan fingerprint density at radius 3 is 2.30 bits per heavy atom. The number of nitrogens with zero attached hydrogens (tertiary/aromatic N) is 1. The second kappa shape index (κ2) is 10.5. The van der Waals surface area contributed by atoms with Crippen LogP contribution in [0.15, 0.2) is 0 Å². The zero-order chi connectivity index (χ0) is 15.9. The molecule has 2 N–H and O–H groups in total. The van der Waals surface area contributed by atoms with Gasteiger partial charge in [-0.3, -0.25) is 9.69 Å². The number of carbonyl (C=O) groups is 1. The molecule has 1 aliphatic carbocycles. The summed E-state index contributed by atoms with van der Waals surface area (Å²) < 4.78 is 0. The van der Waals surface area contributed by atoms with Gasteiger partial charge in [0.2, 0.25) is 5.91 Å². The smallest absolute Gasteiger partial charge is 0.237 e. The van der Waals surface area contributed by atoms with Crippen molar-refractivity contribution in [1.82, 2.24) is 15.5 Å². The highest BCUT2D eigenvalue weighted by atomic mass is 35.5. The molecule has 0 aromatic carbocycles. The lowest BCUT2D eigenvalue weighted by Crippen LogP contribution is -2.51. The minimum atomic E-state index is 0. The van der Waals surface area contributed by atoms with Gasteiger partial charge in [-0.25, -0.2) is 0 Å². The lowest BCUT2D eigenvalue weighted by molar-refractivity contribution is -0.127. The molecule has 1 heterocycles. The number of carbonyl (C=O) groups excluding carboxylic acids is 1. The molecule has 0 aromatic rings. The van der Waals surface area contributed by atoms with Crippen molar-refractivity contribution < 1.29 is 4.79 Å². The van der Waals surface area contributed by atoms with Crippen LogP contribution in [-0.4, -0.2) is 49.6 Å². The van der Waals surface area contributed by atoms with Gasteiger partial charge in [-0.1, -0.05) is 6.92 Å². The minimum Gasteiger partial charge on any atom is -0.352 e. The molecule has 0 spiro atoms. The van der Waals surface area contributed by atoms with Gasteiger partial charge in [-0.2, -0.15) is 0 Å². The van der Waals surface area contributed by atoms with Crippen molar-refractivity contribution in [2.24, 2.45) is 11.8 Å². The largest absolute Gasteiger partial charge is 0.352 e. The van der Waals surface area contributed by atoms with Gasteiger partial charge in [0, 0.05) is 6.04 Å². The van der Waals surface area contributed by atoms with Crippen LogP contribution in [0.3, 0.4) is 0 Å². The summed E-state index contributed by atoms with van der Waals surface area (Å²) in [6, 6.07) is 0.448. The van der Waals surface area contributed by atoms with Crippen molar-refractivity contribution in [3.63, 3.8) is 0 Å². The molecule has 1 aliphatic heterocycles. The lowest BCUT2D eigenvalue weighted by Gasteiger charge is -2.36. The van der Waals surface area contributed by atoms with Crippen LogP contribution in [0.2, 0.25) is 0 Å². The van der Waals surface area contributed by atoms with E-state index < -0.39 is 0 Å². The molecular weight excluding hydrogens is 310 g/mol. The maximum Gasteiger partial charge on any atom is 0.237 e. The summed E-state index contributed by atoms with van der Waals surface area (Å²) in [4.78, 5) is 14.9. The van der Waals surface area contributed by atoms with Crippen molar-refractivity contribution in [1.29, 1.82) is 0 Å². The summed E-state index contributed by atoms with van der Waals surface area (Å²) >= 11 is 0. The van der Waals surface area contributed by atoms with Gasteiger partial charge in [0.25, 0.3) is 0 Å². The van der Waals surface area contributed by atoms with Gasteiger partial charge in [0.1, 0.15) is 0 Å². The highest BCUT2D eigenvalue weighted by Crippen LogP contribution is 2.24. The number of piperidine rings is 1. The number of hydrogen-bond acceptors (Lipinski definition) is 3. The Kier molecular flexibility index (Phi) is 9.48. The molecule has 0 aromatic heterocycles. The lowest BCUT2D eigenvalue weighted by atomic mass is 9.87. The normalized spacial score (nSPS) is 28.0. The monoisotopic (exact) mass is 345 g/mol. The first-order valence-corrected chi connectivity index (χ1v) is 9.29. The molecule has 5 heteroatoms. The molecular formula is C18H36ClN3O. The van der Waals surface area contributed by atoms with Crippen LogP contribution in [0.5, 0.6) is 0 Å². The zero-order valence-corrected chi connectivity index (χ0v) is 16.0. The highest BCUT2D eigenvalue weighted by molar-refractivity contribution is 5.85. The second-order valence-electron chi connectivity index (χ2n) is 7.51. The number of rotatable bonds is 6. The van der Waals surface area contributed by atoms with E-state index in [2.05, 4.69) is 29.4 Å². The third-order valence-corrected chi connectivity index (χ3v) is 5.74. The minimum absolute atomic E-state index is 0. The first kappa shape index (κ1) is 20.7. The molecule has 0 radical (unpaired) electrons. The SMILES string of the molecule is CNCCC1CCN(C(C)C(=O)NC2CCC(C)CC2)CC1.Cl. The highest BCUT2D eigenvalue weighted by Gasteiger charge is 2.28. The Balaban J connectivity index is 0.00000264. The molecule has 23 heavy (non-hydrogen) atoms. The summed E-state index contributed by atoms with van der Waals surface area (Å²) in [7, 11) is 2.02. The molecule has 1 saturated heterocycles. The van der Waals surface area contributed by atoms with E-state index in [9.17, 15) is 4.79 Å². The van der Waals surface area contributed by atoms with E-state index in [1.165, 1.54) is 32.1 Å². The third kappa shape index (κ3) is 6.60. The van der Waals surface area contributed by atoms with Crippen LogP contribution in [0.1, 0.15) is 58.8 Å². The number of halogens is 1. The summed E-state index contributed by atoms with van der Waals surface area (Å²) in [6.45, 7) is 7.66. The standard InChI is InChI=1S/C18H35N3O.ClH/c1-14-4-6-17(7-5-14)20-18(22)15(2)21-12-9-16(10-13-21)8-11-19-3;/h14-17,19H,4-13H2,1-3H3,(H,20,22);1H. The molecule has 1 amide bonds. The Morgan fingerprint density at radius 1 is 1.13 bits per heavy atom. The average Bonchev–Trinajstić information content (AvgIpc) is 2.55. The Hall–Kier alpha value is -0.320. The molecule has 0 bridgehead atoms. The van der Waals surface area contributed by atoms with Gasteiger partial charge in [-0.05, 0) is 90.4 Å². The van der Waals surface area contributed by atoms with Gasteiger partial charge >= 0.3 is 0 Å². The quantitative estimate of drug-likeness (QED) is 0.778. The van der Waals surface area contributed by atoms with Crippen molar-refractivity contribution in [3.8, 4) is 0 Å². The second-order valence-corrected chi connectivity index (χ2v) is 7.51. The Bertz CT molecular complexity index is 337. The van der Waals surface area contributed by atoms with Crippen LogP contribution in [-0.2, 0) is 4.79 Å². The van der Waals surface area contributed by atoms with Gasteiger partial charge in [0.15, 0.2) is 0 Å². The topological polar surface area (TPSA) is 44.4 Å². The fourth-order valence-electron chi connectivity index (χ4n) is 3.87. The predicted molar refractivity (Wildman–Crippen MR) is 99.1 cm³/mol. The first-order chi connectivity index (χ1) is 10.6. The van der Waals surface area contributed by atoms with E-state index in [1.807, 2.05) is 7.05 Å². The number of amides is 1. The zero-order valence-electron chi connectivity index (χ0n) is 15.1. The van der Waals surface area contributed by atoms with Gasteiger partial charge < -0.3 is 10.6 Å². The fourth-order valence-corrected chi connectivity index (χ4v) is 3.87. The Labute approximate surface area is 148 Å². The molecule has 2 aliphatic rings. The fraction of sp³-hybridized carbons (Fsp3) is 0.944. The van der Waals surface area contributed by atoms with Crippen molar-refractivity contribution in [3.05, 3.63) is 0 Å². The first-order valence-electron chi connectivity index (χ1n) is 9.29. The van der Waals surface area contributed by atoms with Crippen LogP contribution >= 0.6 is 12.4 Å².